The summed E-state index contributed by atoms with van der Waals surface area (Å²) in [6, 6.07) is 21.0. The monoisotopic (exact) mass is 440 g/mol. The first-order valence-corrected chi connectivity index (χ1v) is 11.9. The van der Waals surface area contributed by atoms with Gasteiger partial charge in [0.2, 0.25) is 0 Å². The molecule has 3 rings (SSSR count). The lowest BCUT2D eigenvalue weighted by atomic mass is 9.81. The molecule has 1 aliphatic rings. The zero-order valence-corrected chi connectivity index (χ0v) is 19.8. The van der Waals surface area contributed by atoms with E-state index in [9.17, 15) is 8.78 Å². The summed E-state index contributed by atoms with van der Waals surface area (Å²) >= 11 is 0. The molecular weight excluding hydrogens is 402 g/mol. The number of nitriles is 1. The van der Waals surface area contributed by atoms with E-state index in [0.29, 0.717) is 25.3 Å². The number of hydrogen-bond donors (Lipinski definition) is 0. The number of aryl methyl sites for hydroxylation is 1. The molecule has 32 heavy (non-hydrogen) atoms. The lowest BCUT2D eigenvalue weighted by molar-refractivity contribution is 0.124. The van der Waals surface area contributed by atoms with Gasteiger partial charge in [0.05, 0.1) is 6.07 Å². The summed E-state index contributed by atoms with van der Waals surface area (Å²) < 4.78 is 28.4. The molecule has 2 aromatic carbocycles. The predicted octanol–water partition coefficient (Wildman–Crippen LogP) is 7.05. The number of hydrogen-bond acceptors (Lipinski definition) is 2. The molecule has 2 aromatic rings. The SMILES string of the molecule is CC#N.CCC(CCc1ccc(C2C(F)CCCC2F)cc1)N(C)CCc1ccccc1. The van der Waals surface area contributed by atoms with Crippen molar-refractivity contribution in [2.75, 3.05) is 13.6 Å². The summed E-state index contributed by atoms with van der Waals surface area (Å²) in [6.07, 6.45) is 3.82. The normalized spacial score (nSPS) is 21.3. The molecule has 3 atom stereocenters. The molecule has 0 N–H and O–H groups in total. The van der Waals surface area contributed by atoms with Crippen molar-refractivity contribution in [3.63, 3.8) is 0 Å². The lowest BCUT2D eigenvalue weighted by Gasteiger charge is -2.30. The minimum Gasteiger partial charge on any atom is -0.303 e. The Labute approximate surface area is 193 Å². The molecule has 2 nitrogen and oxygen atoms in total. The van der Waals surface area contributed by atoms with E-state index in [-0.39, 0.29) is 0 Å². The molecule has 0 aliphatic heterocycles. The van der Waals surface area contributed by atoms with Crippen molar-refractivity contribution in [1.82, 2.24) is 4.90 Å². The van der Waals surface area contributed by atoms with Crippen molar-refractivity contribution in [3.8, 4) is 6.07 Å². The second-order valence-corrected chi connectivity index (χ2v) is 8.77. The summed E-state index contributed by atoms with van der Waals surface area (Å²) in [5.74, 6) is -0.578. The third kappa shape index (κ3) is 8.02. The van der Waals surface area contributed by atoms with E-state index < -0.39 is 18.3 Å². The standard InChI is InChI=1S/C26H35F2N.C2H3N/c1-3-23(29(2)19-18-20-8-5-4-6-9-20)17-14-21-12-15-22(16-13-21)26-24(27)10-7-11-25(26)28;1-2-3/h4-6,8-9,12-13,15-16,23-26H,3,7,10-11,14,17-19H2,1-2H3;1H3. The van der Waals surface area contributed by atoms with Crippen LogP contribution in [0.4, 0.5) is 8.78 Å². The van der Waals surface area contributed by atoms with Crippen LogP contribution < -0.4 is 0 Å². The fourth-order valence-corrected chi connectivity index (χ4v) is 4.62. The Morgan fingerprint density at radius 1 is 0.969 bits per heavy atom. The van der Waals surface area contributed by atoms with Crippen LogP contribution in [0.2, 0.25) is 0 Å². The molecule has 0 saturated heterocycles. The van der Waals surface area contributed by atoms with Crippen LogP contribution in [0.25, 0.3) is 0 Å². The second-order valence-electron chi connectivity index (χ2n) is 8.77. The van der Waals surface area contributed by atoms with Crippen molar-refractivity contribution in [1.29, 1.82) is 5.26 Å². The summed E-state index contributed by atoms with van der Waals surface area (Å²) in [7, 11) is 2.21. The van der Waals surface area contributed by atoms with Crippen LogP contribution in [-0.2, 0) is 12.8 Å². The fourth-order valence-electron chi connectivity index (χ4n) is 4.62. The quantitative estimate of drug-likeness (QED) is 0.418. The first-order chi connectivity index (χ1) is 15.5. The van der Waals surface area contributed by atoms with Gasteiger partial charge >= 0.3 is 0 Å². The summed E-state index contributed by atoms with van der Waals surface area (Å²) in [5, 5.41) is 7.32. The molecule has 0 heterocycles. The van der Waals surface area contributed by atoms with E-state index in [1.807, 2.05) is 12.1 Å². The molecule has 0 aromatic heterocycles. The van der Waals surface area contributed by atoms with Crippen molar-refractivity contribution in [2.45, 2.75) is 83.1 Å². The minimum atomic E-state index is -1.05. The van der Waals surface area contributed by atoms with Gasteiger partial charge in [-0.3, -0.25) is 0 Å². The molecule has 0 radical (unpaired) electrons. The molecule has 1 fully saturated rings. The average molecular weight is 441 g/mol. The topological polar surface area (TPSA) is 27.0 Å². The van der Waals surface area contributed by atoms with Crippen LogP contribution >= 0.6 is 0 Å². The molecule has 0 bridgehead atoms. The summed E-state index contributed by atoms with van der Waals surface area (Å²) in [4.78, 5) is 2.46. The summed E-state index contributed by atoms with van der Waals surface area (Å²) in [5.41, 5.74) is 3.45. The van der Waals surface area contributed by atoms with E-state index >= 15 is 0 Å². The molecule has 0 amide bonds. The van der Waals surface area contributed by atoms with Crippen molar-refractivity contribution >= 4 is 0 Å². The molecule has 174 valence electrons. The Kier molecular flexibility index (Phi) is 11.4. The molecule has 1 aliphatic carbocycles. The molecule has 4 heteroatoms. The number of benzene rings is 2. The highest BCUT2D eigenvalue weighted by atomic mass is 19.1. The van der Waals surface area contributed by atoms with E-state index in [2.05, 4.69) is 61.3 Å². The zero-order chi connectivity index (χ0) is 23.3. The van der Waals surface area contributed by atoms with Crippen LogP contribution in [-0.4, -0.2) is 36.9 Å². The Balaban J connectivity index is 0.00000114. The van der Waals surface area contributed by atoms with E-state index in [1.54, 1.807) is 6.07 Å². The predicted molar refractivity (Wildman–Crippen MR) is 129 cm³/mol. The van der Waals surface area contributed by atoms with Gasteiger partial charge in [-0.25, -0.2) is 8.78 Å². The van der Waals surface area contributed by atoms with Crippen LogP contribution in [0, 0.1) is 11.3 Å². The molecule has 1 saturated carbocycles. The first kappa shape index (κ1) is 26.0. The van der Waals surface area contributed by atoms with Crippen LogP contribution in [0.3, 0.4) is 0 Å². The van der Waals surface area contributed by atoms with Gasteiger partial charge in [0.1, 0.15) is 12.3 Å². The third-order valence-corrected chi connectivity index (χ3v) is 6.56. The molecule has 0 spiro atoms. The fraction of sp³-hybridized carbons (Fsp3) is 0.536. The third-order valence-electron chi connectivity index (χ3n) is 6.56. The van der Waals surface area contributed by atoms with Gasteiger partial charge in [0.15, 0.2) is 0 Å². The number of halogens is 2. The molecular formula is C28H38F2N2. The Hall–Kier alpha value is -2.25. The number of nitrogens with zero attached hydrogens (tertiary/aromatic N) is 2. The van der Waals surface area contributed by atoms with E-state index in [1.165, 1.54) is 18.1 Å². The smallest absolute Gasteiger partial charge is 0.110 e. The van der Waals surface area contributed by atoms with Gasteiger partial charge < -0.3 is 4.90 Å². The van der Waals surface area contributed by atoms with Gasteiger partial charge in [-0.05, 0) is 68.7 Å². The van der Waals surface area contributed by atoms with E-state index in [0.717, 1.165) is 37.8 Å². The first-order valence-electron chi connectivity index (χ1n) is 11.9. The van der Waals surface area contributed by atoms with Crippen LogP contribution in [0.1, 0.15) is 68.6 Å². The maximum absolute atomic E-state index is 14.2. The van der Waals surface area contributed by atoms with Crippen molar-refractivity contribution in [2.24, 2.45) is 0 Å². The minimum absolute atomic E-state index is 0.486. The Morgan fingerprint density at radius 2 is 1.53 bits per heavy atom. The Bertz CT molecular complexity index is 790. The van der Waals surface area contributed by atoms with Crippen LogP contribution in [0.5, 0.6) is 0 Å². The van der Waals surface area contributed by atoms with E-state index in [4.69, 9.17) is 5.26 Å². The highest BCUT2D eigenvalue weighted by Gasteiger charge is 2.34. The zero-order valence-electron chi connectivity index (χ0n) is 19.8. The second kappa shape index (κ2) is 14.0. The van der Waals surface area contributed by atoms with Gasteiger partial charge in [0.25, 0.3) is 0 Å². The lowest BCUT2D eigenvalue weighted by Crippen LogP contribution is -2.33. The van der Waals surface area contributed by atoms with Gasteiger partial charge in [-0.2, -0.15) is 5.26 Å². The largest absolute Gasteiger partial charge is 0.303 e. The van der Waals surface area contributed by atoms with Crippen LogP contribution in [0.15, 0.2) is 54.6 Å². The van der Waals surface area contributed by atoms with Gasteiger partial charge in [0, 0.05) is 25.4 Å². The van der Waals surface area contributed by atoms with Crippen molar-refractivity contribution in [3.05, 3.63) is 71.3 Å². The number of likely N-dealkylation sites (N-methyl/N-ethyl adjacent to an activating group) is 1. The maximum atomic E-state index is 14.2. The Morgan fingerprint density at radius 3 is 2.09 bits per heavy atom. The summed E-state index contributed by atoms with van der Waals surface area (Å²) in [6.45, 7) is 4.73. The molecule has 3 unspecified atom stereocenters. The van der Waals surface area contributed by atoms with Gasteiger partial charge in [-0.15, -0.1) is 0 Å². The highest BCUT2D eigenvalue weighted by molar-refractivity contribution is 5.28. The van der Waals surface area contributed by atoms with Gasteiger partial charge in [-0.1, -0.05) is 61.5 Å². The number of rotatable bonds is 9. The van der Waals surface area contributed by atoms with Crippen molar-refractivity contribution < 1.29 is 8.78 Å². The average Bonchev–Trinajstić information content (AvgIpc) is 2.80. The highest BCUT2D eigenvalue weighted by Crippen LogP contribution is 2.37. The maximum Gasteiger partial charge on any atom is 0.110 e. The number of alkyl halides is 2.